The van der Waals surface area contributed by atoms with Crippen molar-refractivity contribution in [2.24, 2.45) is 0 Å². The summed E-state index contributed by atoms with van der Waals surface area (Å²) in [7, 11) is 0. The van der Waals surface area contributed by atoms with E-state index in [4.69, 9.17) is 0 Å². The van der Waals surface area contributed by atoms with Crippen molar-refractivity contribution in [3.63, 3.8) is 0 Å². The van der Waals surface area contributed by atoms with Gasteiger partial charge in [0.15, 0.2) is 5.01 Å². The van der Waals surface area contributed by atoms with E-state index in [1.54, 1.807) is 12.1 Å². The fraction of sp³-hybridized carbons (Fsp3) is 0.111. The van der Waals surface area contributed by atoms with Gasteiger partial charge in [-0.05, 0) is 12.1 Å². The first-order chi connectivity index (χ1) is 7.07. The molecule has 0 saturated carbocycles. The summed E-state index contributed by atoms with van der Waals surface area (Å²) in [5.41, 5.74) is 0.964. The Hall–Kier alpha value is -1.43. The smallest absolute Gasteiger partial charge is 0.265 e. The number of halogens is 3. The number of rotatable bonds is 1. The molecule has 0 spiro atoms. The van der Waals surface area contributed by atoms with Crippen molar-refractivity contribution in [2.45, 2.75) is 6.18 Å². The highest BCUT2D eigenvalue weighted by Gasteiger charge is 2.34. The fourth-order valence-corrected chi connectivity index (χ4v) is 1.76. The second kappa shape index (κ2) is 3.62. The van der Waals surface area contributed by atoms with Gasteiger partial charge in [0.25, 0.3) is 0 Å². The molecule has 0 aromatic carbocycles. The normalized spacial score (nSPS) is 11.7. The fourth-order valence-electron chi connectivity index (χ4n) is 1.06. The Labute approximate surface area is 87.4 Å². The molecule has 2 aromatic heterocycles. The zero-order valence-electron chi connectivity index (χ0n) is 7.32. The van der Waals surface area contributed by atoms with Crippen LogP contribution in [0.4, 0.5) is 13.2 Å². The summed E-state index contributed by atoms with van der Waals surface area (Å²) in [6.07, 6.45) is -1.33. The SMILES string of the molecule is FC(F)(F)c1nc(-c2ccncc2)cs1. The lowest BCUT2D eigenvalue weighted by atomic mass is 10.2. The molecule has 2 aromatic rings. The van der Waals surface area contributed by atoms with Crippen LogP contribution in [-0.4, -0.2) is 9.97 Å². The Bertz CT molecular complexity index is 450. The number of hydrogen-bond acceptors (Lipinski definition) is 3. The van der Waals surface area contributed by atoms with E-state index in [-0.39, 0.29) is 0 Å². The number of pyridine rings is 1. The number of thiazole rings is 1. The highest BCUT2D eigenvalue weighted by molar-refractivity contribution is 7.10. The summed E-state index contributed by atoms with van der Waals surface area (Å²) in [5.74, 6) is 0. The highest BCUT2D eigenvalue weighted by atomic mass is 32.1. The lowest BCUT2D eigenvalue weighted by Gasteiger charge is -1.99. The molecule has 0 amide bonds. The van der Waals surface area contributed by atoms with E-state index < -0.39 is 11.2 Å². The minimum Gasteiger partial charge on any atom is -0.265 e. The summed E-state index contributed by atoms with van der Waals surface area (Å²) in [4.78, 5) is 7.30. The van der Waals surface area contributed by atoms with Crippen molar-refractivity contribution in [3.8, 4) is 11.3 Å². The molecule has 0 fully saturated rings. The molecule has 2 heterocycles. The zero-order chi connectivity index (χ0) is 10.9. The van der Waals surface area contributed by atoms with Gasteiger partial charge in [-0.1, -0.05) is 0 Å². The average molecular weight is 230 g/mol. The summed E-state index contributed by atoms with van der Waals surface area (Å²) in [6.45, 7) is 0. The molecule has 2 rings (SSSR count). The largest absolute Gasteiger partial charge is 0.443 e. The van der Waals surface area contributed by atoms with Crippen molar-refractivity contribution >= 4 is 11.3 Å². The van der Waals surface area contributed by atoms with Crippen molar-refractivity contribution < 1.29 is 13.2 Å². The summed E-state index contributed by atoms with van der Waals surface area (Å²) >= 11 is 0.595. The first kappa shape index (κ1) is 10.1. The maximum absolute atomic E-state index is 12.3. The first-order valence-electron chi connectivity index (χ1n) is 4.00. The molecule has 0 saturated heterocycles. The van der Waals surface area contributed by atoms with Crippen molar-refractivity contribution in [3.05, 3.63) is 34.9 Å². The molecular formula is C9H5F3N2S. The Morgan fingerprint density at radius 3 is 2.33 bits per heavy atom. The third-order valence-corrected chi connectivity index (χ3v) is 2.61. The van der Waals surface area contributed by atoms with Gasteiger partial charge in [0.05, 0.1) is 5.69 Å². The van der Waals surface area contributed by atoms with E-state index in [1.807, 2.05) is 0 Å². The summed E-state index contributed by atoms with van der Waals surface area (Å²) in [5, 5.41) is 0.562. The maximum atomic E-state index is 12.3. The van der Waals surface area contributed by atoms with Gasteiger partial charge >= 0.3 is 6.18 Å². The van der Waals surface area contributed by atoms with Crippen LogP contribution in [0.5, 0.6) is 0 Å². The van der Waals surface area contributed by atoms with Crippen LogP contribution in [0.3, 0.4) is 0 Å². The standard InChI is InChI=1S/C9H5F3N2S/c10-9(11,12)8-14-7(5-15-8)6-1-3-13-4-2-6/h1-5H. The van der Waals surface area contributed by atoms with Gasteiger partial charge in [-0.15, -0.1) is 11.3 Å². The molecule has 0 radical (unpaired) electrons. The predicted molar refractivity (Wildman–Crippen MR) is 50.3 cm³/mol. The molecule has 0 unspecified atom stereocenters. The molecule has 0 aliphatic carbocycles. The lowest BCUT2D eigenvalue weighted by Crippen LogP contribution is -2.03. The zero-order valence-corrected chi connectivity index (χ0v) is 8.14. The van der Waals surface area contributed by atoms with Crippen LogP contribution in [-0.2, 0) is 6.18 Å². The number of nitrogens with zero attached hydrogens (tertiary/aromatic N) is 2. The minimum absolute atomic E-state index is 0.328. The van der Waals surface area contributed by atoms with Crippen LogP contribution in [0.25, 0.3) is 11.3 Å². The monoisotopic (exact) mass is 230 g/mol. The van der Waals surface area contributed by atoms with Gasteiger partial charge in [0.1, 0.15) is 0 Å². The van der Waals surface area contributed by atoms with Crippen LogP contribution in [0.1, 0.15) is 5.01 Å². The second-order valence-corrected chi connectivity index (χ2v) is 3.63. The molecule has 15 heavy (non-hydrogen) atoms. The predicted octanol–water partition coefficient (Wildman–Crippen LogP) is 3.22. The number of hydrogen-bond donors (Lipinski definition) is 0. The maximum Gasteiger partial charge on any atom is 0.443 e. The van der Waals surface area contributed by atoms with Crippen LogP contribution in [0, 0.1) is 0 Å². The first-order valence-corrected chi connectivity index (χ1v) is 4.88. The molecule has 6 heteroatoms. The summed E-state index contributed by atoms with van der Waals surface area (Å²) in [6, 6.07) is 3.24. The molecular weight excluding hydrogens is 225 g/mol. The van der Waals surface area contributed by atoms with E-state index in [9.17, 15) is 13.2 Å². The number of aromatic nitrogens is 2. The Morgan fingerprint density at radius 1 is 1.13 bits per heavy atom. The quantitative estimate of drug-likeness (QED) is 0.751. The van der Waals surface area contributed by atoms with Gasteiger partial charge in [0.2, 0.25) is 0 Å². The summed E-state index contributed by atoms with van der Waals surface area (Å²) < 4.78 is 36.8. The van der Waals surface area contributed by atoms with E-state index >= 15 is 0 Å². The molecule has 0 atom stereocenters. The van der Waals surface area contributed by atoms with E-state index in [0.29, 0.717) is 22.6 Å². The Balaban J connectivity index is 2.37. The van der Waals surface area contributed by atoms with E-state index in [2.05, 4.69) is 9.97 Å². The third kappa shape index (κ3) is 2.15. The Kier molecular flexibility index (Phi) is 2.44. The molecule has 0 bridgehead atoms. The van der Waals surface area contributed by atoms with Crippen LogP contribution in [0.2, 0.25) is 0 Å². The lowest BCUT2D eigenvalue weighted by molar-refractivity contribution is -0.137. The topological polar surface area (TPSA) is 25.8 Å². The van der Waals surface area contributed by atoms with E-state index in [1.165, 1.54) is 17.8 Å². The van der Waals surface area contributed by atoms with Crippen molar-refractivity contribution in [1.29, 1.82) is 0 Å². The van der Waals surface area contributed by atoms with Crippen molar-refractivity contribution in [2.75, 3.05) is 0 Å². The van der Waals surface area contributed by atoms with Gasteiger partial charge in [-0.25, -0.2) is 4.98 Å². The minimum atomic E-state index is -4.37. The van der Waals surface area contributed by atoms with Crippen LogP contribution in [0.15, 0.2) is 29.9 Å². The molecule has 0 N–H and O–H groups in total. The second-order valence-electron chi connectivity index (χ2n) is 2.77. The van der Waals surface area contributed by atoms with Gasteiger partial charge in [-0.3, -0.25) is 4.98 Å². The van der Waals surface area contributed by atoms with E-state index in [0.717, 1.165) is 0 Å². The average Bonchev–Trinajstić information content (AvgIpc) is 2.67. The Morgan fingerprint density at radius 2 is 1.80 bits per heavy atom. The molecule has 0 aliphatic rings. The van der Waals surface area contributed by atoms with Gasteiger partial charge in [0, 0.05) is 23.3 Å². The van der Waals surface area contributed by atoms with Gasteiger partial charge in [-0.2, -0.15) is 13.2 Å². The van der Waals surface area contributed by atoms with Gasteiger partial charge < -0.3 is 0 Å². The molecule has 0 aliphatic heterocycles. The number of alkyl halides is 3. The van der Waals surface area contributed by atoms with Crippen LogP contribution >= 0.6 is 11.3 Å². The van der Waals surface area contributed by atoms with Crippen LogP contribution < -0.4 is 0 Å². The third-order valence-electron chi connectivity index (χ3n) is 1.72. The molecule has 2 nitrogen and oxygen atoms in total. The highest BCUT2D eigenvalue weighted by Crippen LogP contribution is 2.33. The molecule has 78 valence electrons. The van der Waals surface area contributed by atoms with Crippen molar-refractivity contribution in [1.82, 2.24) is 9.97 Å².